The van der Waals surface area contributed by atoms with Crippen molar-refractivity contribution in [3.8, 4) is 22.6 Å². The van der Waals surface area contributed by atoms with Crippen molar-refractivity contribution < 1.29 is 8.83 Å². The number of pyridine rings is 1. The number of aromatic amines is 1. The molecule has 1 N–H and O–H groups in total. The van der Waals surface area contributed by atoms with Crippen LogP contribution in [0.1, 0.15) is 0 Å². The van der Waals surface area contributed by atoms with Crippen LogP contribution in [0.3, 0.4) is 0 Å². The van der Waals surface area contributed by atoms with Crippen LogP contribution in [0.4, 0.5) is 0 Å². The number of benzene rings is 1. The first-order valence-electron chi connectivity index (χ1n) is 7.81. The van der Waals surface area contributed by atoms with Crippen LogP contribution in [-0.2, 0) is 0 Å². The highest BCUT2D eigenvalue weighted by Gasteiger charge is 2.20. The van der Waals surface area contributed by atoms with Crippen molar-refractivity contribution in [2.45, 2.75) is 0 Å². The lowest BCUT2D eigenvalue weighted by Gasteiger charge is -2.05. The van der Waals surface area contributed by atoms with Crippen LogP contribution in [0.2, 0.25) is 5.02 Å². The summed E-state index contributed by atoms with van der Waals surface area (Å²) in [6.45, 7) is 0. The Morgan fingerprint density at radius 2 is 1.96 bits per heavy atom. The van der Waals surface area contributed by atoms with Gasteiger partial charge in [-0.2, -0.15) is 0 Å². The molecule has 0 radical (unpaired) electrons. The molecule has 0 saturated heterocycles. The van der Waals surface area contributed by atoms with E-state index in [2.05, 4.69) is 15.0 Å². The van der Waals surface area contributed by atoms with Crippen molar-refractivity contribution in [2.75, 3.05) is 0 Å². The van der Waals surface area contributed by atoms with Crippen LogP contribution in [-0.4, -0.2) is 15.0 Å². The number of rotatable bonds is 2. The second-order valence-electron chi connectivity index (χ2n) is 5.73. The smallest absolute Gasteiger partial charge is 0.294 e. The first-order chi connectivity index (χ1) is 12.7. The van der Waals surface area contributed by atoms with E-state index in [0.29, 0.717) is 33.1 Å². The molecule has 1 aromatic carbocycles. The van der Waals surface area contributed by atoms with Gasteiger partial charge >= 0.3 is 0 Å². The molecule has 4 aromatic heterocycles. The molecular weight excluding hydrogens is 354 g/mol. The zero-order valence-corrected chi connectivity index (χ0v) is 13.9. The van der Waals surface area contributed by atoms with Crippen LogP contribution in [0.5, 0.6) is 0 Å². The van der Waals surface area contributed by atoms with E-state index in [4.69, 9.17) is 20.4 Å². The van der Waals surface area contributed by atoms with Gasteiger partial charge in [0.05, 0.1) is 23.7 Å². The van der Waals surface area contributed by atoms with Gasteiger partial charge in [-0.25, -0.2) is 9.97 Å². The van der Waals surface area contributed by atoms with E-state index in [1.165, 1.54) is 6.33 Å². The van der Waals surface area contributed by atoms with Gasteiger partial charge in [0.1, 0.15) is 11.3 Å². The molecule has 0 aliphatic rings. The van der Waals surface area contributed by atoms with Crippen LogP contribution >= 0.6 is 11.6 Å². The second-order valence-corrected chi connectivity index (χ2v) is 6.17. The summed E-state index contributed by atoms with van der Waals surface area (Å²) in [5.41, 5.74) is 2.85. The van der Waals surface area contributed by atoms with E-state index in [-0.39, 0.29) is 11.1 Å². The third-order valence-corrected chi connectivity index (χ3v) is 4.41. The molecule has 6 nitrogen and oxygen atoms in total. The Labute approximate surface area is 151 Å². The van der Waals surface area contributed by atoms with Crippen molar-refractivity contribution in [1.29, 1.82) is 0 Å². The van der Waals surface area contributed by atoms with Gasteiger partial charge in [-0.05, 0) is 30.3 Å². The number of nitrogens with zero attached hydrogens (tertiary/aromatic N) is 2. The number of hydrogen-bond acceptors (Lipinski definition) is 5. The molecule has 26 heavy (non-hydrogen) atoms. The molecule has 0 amide bonds. The molecule has 0 spiro atoms. The van der Waals surface area contributed by atoms with Gasteiger partial charge in [0.25, 0.3) is 5.56 Å². The van der Waals surface area contributed by atoms with E-state index >= 15 is 0 Å². The van der Waals surface area contributed by atoms with E-state index in [1.807, 2.05) is 24.3 Å². The van der Waals surface area contributed by atoms with Crippen LogP contribution in [0.15, 0.2) is 68.7 Å². The minimum atomic E-state index is -0.355. The van der Waals surface area contributed by atoms with Gasteiger partial charge in [0.2, 0.25) is 11.3 Å². The molecule has 0 saturated carbocycles. The van der Waals surface area contributed by atoms with Crippen LogP contribution < -0.4 is 5.56 Å². The van der Waals surface area contributed by atoms with Crippen LogP contribution in [0.25, 0.3) is 44.8 Å². The lowest BCUT2D eigenvalue weighted by Crippen LogP contribution is -2.04. The standard InChI is InChI=1S/C19H10ClN3O3/c20-11-5-3-10(4-6-11)13-8-12(14-2-1-7-25-14)15-16-17(26-19(15)23-13)18(24)22-9-21-16/h1-9H,(H,21,22,24). The molecule has 7 heteroatoms. The number of H-pyrrole nitrogens is 1. The molecule has 0 aliphatic heterocycles. The predicted octanol–water partition coefficient (Wildman–Crippen LogP) is 4.64. The van der Waals surface area contributed by atoms with Crippen molar-refractivity contribution in [3.05, 3.63) is 70.4 Å². The van der Waals surface area contributed by atoms with Crippen molar-refractivity contribution in [1.82, 2.24) is 15.0 Å². The lowest BCUT2D eigenvalue weighted by molar-refractivity contribution is 0.582. The number of furan rings is 2. The zero-order chi connectivity index (χ0) is 17.7. The molecule has 0 aliphatic carbocycles. The minimum absolute atomic E-state index is 0.135. The highest BCUT2D eigenvalue weighted by molar-refractivity contribution is 6.30. The fourth-order valence-corrected chi connectivity index (χ4v) is 3.10. The van der Waals surface area contributed by atoms with E-state index in [0.717, 1.165) is 11.1 Å². The number of fused-ring (bicyclic) bond motifs is 3. The topological polar surface area (TPSA) is 84.9 Å². The normalized spacial score (nSPS) is 11.4. The predicted molar refractivity (Wildman–Crippen MR) is 98.1 cm³/mol. The summed E-state index contributed by atoms with van der Waals surface area (Å²) >= 11 is 5.98. The Bertz CT molecular complexity index is 1300. The highest BCUT2D eigenvalue weighted by Crippen LogP contribution is 2.36. The van der Waals surface area contributed by atoms with Gasteiger partial charge in [-0.15, -0.1) is 0 Å². The molecule has 0 bridgehead atoms. The number of nitrogens with one attached hydrogen (secondary N) is 1. The molecule has 126 valence electrons. The average molecular weight is 364 g/mol. The Morgan fingerprint density at radius 3 is 2.73 bits per heavy atom. The molecule has 5 rings (SSSR count). The van der Waals surface area contributed by atoms with E-state index < -0.39 is 0 Å². The maximum Gasteiger partial charge on any atom is 0.294 e. The molecule has 5 aromatic rings. The first kappa shape index (κ1) is 14.9. The van der Waals surface area contributed by atoms with Gasteiger partial charge in [-0.3, -0.25) is 4.79 Å². The van der Waals surface area contributed by atoms with Crippen molar-refractivity contribution in [2.24, 2.45) is 0 Å². The molecule has 0 atom stereocenters. The summed E-state index contributed by atoms with van der Waals surface area (Å²) in [5.74, 6) is 0.636. The lowest BCUT2D eigenvalue weighted by atomic mass is 10.0. The summed E-state index contributed by atoms with van der Waals surface area (Å²) in [4.78, 5) is 23.4. The van der Waals surface area contributed by atoms with Crippen LogP contribution in [0, 0.1) is 0 Å². The first-order valence-corrected chi connectivity index (χ1v) is 8.19. The largest absolute Gasteiger partial charge is 0.464 e. The summed E-state index contributed by atoms with van der Waals surface area (Å²) < 4.78 is 11.3. The maximum absolute atomic E-state index is 12.1. The van der Waals surface area contributed by atoms with Crippen molar-refractivity contribution in [3.63, 3.8) is 0 Å². The fraction of sp³-hybridized carbons (Fsp3) is 0. The summed E-state index contributed by atoms with van der Waals surface area (Å²) in [5, 5.41) is 1.28. The van der Waals surface area contributed by atoms with Gasteiger partial charge < -0.3 is 13.8 Å². The molecule has 0 unspecified atom stereocenters. The second kappa shape index (κ2) is 5.57. The number of aromatic nitrogens is 3. The maximum atomic E-state index is 12.1. The van der Waals surface area contributed by atoms with Gasteiger partial charge in [0, 0.05) is 16.1 Å². The molecule has 4 heterocycles. The van der Waals surface area contributed by atoms with Crippen molar-refractivity contribution >= 4 is 33.8 Å². The summed E-state index contributed by atoms with van der Waals surface area (Å²) in [6.07, 6.45) is 2.94. The Hall–Kier alpha value is -3.38. The molecular formula is C19H10ClN3O3. The summed E-state index contributed by atoms with van der Waals surface area (Å²) in [7, 11) is 0. The quantitative estimate of drug-likeness (QED) is 0.493. The van der Waals surface area contributed by atoms with Gasteiger partial charge in [0.15, 0.2) is 0 Å². The Morgan fingerprint density at radius 1 is 1.12 bits per heavy atom. The average Bonchev–Trinajstić information content (AvgIpc) is 3.30. The van der Waals surface area contributed by atoms with E-state index in [1.54, 1.807) is 24.5 Å². The third kappa shape index (κ3) is 2.23. The highest BCUT2D eigenvalue weighted by atomic mass is 35.5. The Balaban J connectivity index is 1.90. The summed E-state index contributed by atoms with van der Waals surface area (Å²) in [6, 6.07) is 12.9. The minimum Gasteiger partial charge on any atom is -0.464 e. The SMILES string of the molecule is O=c1[nH]cnc2c1oc1nc(-c3ccc(Cl)cc3)cc(-c3ccco3)c12. The monoisotopic (exact) mass is 363 g/mol. The Kier molecular flexibility index (Phi) is 3.20. The van der Waals surface area contributed by atoms with E-state index in [9.17, 15) is 4.79 Å². The zero-order valence-electron chi connectivity index (χ0n) is 13.2. The third-order valence-electron chi connectivity index (χ3n) is 4.16. The fourth-order valence-electron chi connectivity index (χ4n) is 2.98. The molecule has 0 fully saturated rings. The number of halogens is 1. The van der Waals surface area contributed by atoms with Gasteiger partial charge in [-0.1, -0.05) is 23.7 Å². The number of hydrogen-bond donors (Lipinski definition) is 1.